The predicted molar refractivity (Wildman–Crippen MR) is 117 cm³/mol. The van der Waals surface area contributed by atoms with Crippen molar-refractivity contribution in [2.45, 2.75) is 25.7 Å². The van der Waals surface area contributed by atoms with Gasteiger partial charge in [-0.3, -0.25) is 4.98 Å². The highest BCUT2D eigenvalue weighted by Crippen LogP contribution is 2.32. The Hall–Kier alpha value is -3.20. The van der Waals surface area contributed by atoms with Crippen molar-refractivity contribution in [2.75, 3.05) is 5.73 Å². The molecule has 0 bridgehead atoms. The minimum atomic E-state index is 0.500. The van der Waals surface area contributed by atoms with Crippen LogP contribution in [-0.4, -0.2) is 9.97 Å². The average molecular weight is 365 g/mol. The van der Waals surface area contributed by atoms with Crippen LogP contribution >= 0.6 is 0 Å². The summed E-state index contributed by atoms with van der Waals surface area (Å²) < 4.78 is 0. The Morgan fingerprint density at radius 1 is 0.929 bits per heavy atom. The largest absolute Gasteiger partial charge is 0.382 e. The number of hydrogen-bond donors (Lipinski definition) is 1. The number of nitrogens with two attached hydrogens (primary N) is 1. The topological polar surface area (TPSA) is 51.8 Å². The molecule has 2 N–H and O–H groups in total. The zero-order valence-corrected chi connectivity index (χ0v) is 15.8. The van der Waals surface area contributed by atoms with Crippen molar-refractivity contribution in [3.63, 3.8) is 0 Å². The maximum absolute atomic E-state index is 6.23. The van der Waals surface area contributed by atoms with E-state index in [-0.39, 0.29) is 0 Å². The molecule has 0 spiro atoms. The Morgan fingerprint density at radius 2 is 1.75 bits per heavy atom. The maximum atomic E-state index is 6.23. The summed E-state index contributed by atoms with van der Waals surface area (Å²) in [7, 11) is 0. The normalized spacial score (nSPS) is 14.3. The summed E-state index contributed by atoms with van der Waals surface area (Å²) >= 11 is 0. The van der Waals surface area contributed by atoms with Crippen molar-refractivity contribution in [2.24, 2.45) is 5.92 Å². The second-order valence-electron chi connectivity index (χ2n) is 7.70. The zero-order valence-electron chi connectivity index (χ0n) is 15.8. The lowest BCUT2D eigenvalue weighted by atomic mass is 10.0. The zero-order chi connectivity index (χ0) is 18.9. The quantitative estimate of drug-likeness (QED) is 0.470. The van der Waals surface area contributed by atoms with Crippen LogP contribution in [0.1, 0.15) is 29.5 Å². The maximum Gasteiger partial charge on any atom is 0.150 e. The third-order valence-corrected chi connectivity index (χ3v) is 5.47. The van der Waals surface area contributed by atoms with Crippen molar-refractivity contribution in [3.05, 3.63) is 83.6 Å². The van der Waals surface area contributed by atoms with Crippen LogP contribution in [-0.2, 0) is 12.8 Å². The molecule has 0 radical (unpaired) electrons. The van der Waals surface area contributed by atoms with Crippen LogP contribution in [0.15, 0.2) is 66.9 Å². The average Bonchev–Trinajstić information content (AvgIpc) is 3.56. The Morgan fingerprint density at radius 3 is 2.57 bits per heavy atom. The van der Waals surface area contributed by atoms with Gasteiger partial charge in [-0.15, -0.1) is 0 Å². The molecule has 1 saturated carbocycles. The second kappa shape index (κ2) is 7.08. The van der Waals surface area contributed by atoms with Gasteiger partial charge in [0.15, 0.2) is 5.82 Å². The Bertz CT molecular complexity index is 1170. The molecule has 3 heteroatoms. The van der Waals surface area contributed by atoms with Gasteiger partial charge in [0.25, 0.3) is 0 Å². The molecule has 1 aliphatic carbocycles. The number of fused-ring (bicyclic) bond motifs is 3. The molecule has 138 valence electrons. The van der Waals surface area contributed by atoms with Gasteiger partial charge in [-0.05, 0) is 60.4 Å². The number of benzene rings is 2. The molecule has 5 rings (SSSR count). The summed E-state index contributed by atoms with van der Waals surface area (Å²) in [5.74, 6) is 1.27. The third-order valence-electron chi connectivity index (χ3n) is 5.47. The monoisotopic (exact) mass is 365 g/mol. The first-order valence-corrected chi connectivity index (χ1v) is 9.96. The van der Waals surface area contributed by atoms with Gasteiger partial charge in [0.1, 0.15) is 5.52 Å². The first-order chi connectivity index (χ1) is 13.8. The minimum absolute atomic E-state index is 0.500. The lowest BCUT2D eigenvalue weighted by Gasteiger charge is -2.09. The molecular formula is C25H23N3. The summed E-state index contributed by atoms with van der Waals surface area (Å²) in [6, 6.07) is 19.2. The van der Waals surface area contributed by atoms with Gasteiger partial charge in [0.2, 0.25) is 0 Å². The number of nitrogen functional groups attached to an aromatic ring is 1. The SMILES string of the molecule is Nc1nc2cc(/C=C/C3CC3)ccc2c2cc(CCc3ccccc3)cnc12. The number of pyridine rings is 2. The lowest BCUT2D eigenvalue weighted by molar-refractivity contribution is 0.955. The molecule has 1 fully saturated rings. The van der Waals surface area contributed by atoms with Crippen molar-refractivity contribution in [1.29, 1.82) is 0 Å². The first kappa shape index (κ1) is 16.9. The highest BCUT2D eigenvalue weighted by atomic mass is 14.9. The Kier molecular flexibility index (Phi) is 4.28. The van der Waals surface area contributed by atoms with Gasteiger partial charge in [0, 0.05) is 17.0 Å². The molecule has 0 amide bonds. The number of aryl methyl sites for hydroxylation is 2. The van der Waals surface area contributed by atoms with Gasteiger partial charge < -0.3 is 5.73 Å². The number of rotatable bonds is 5. The van der Waals surface area contributed by atoms with E-state index in [1.165, 1.54) is 29.5 Å². The highest BCUT2D eigenvalue weighted by Gasteiger charge is 2.17. The number of nitrogens with zero attached hydrogens (tertiary/aromatic N) is 2. The molecule has 2 aromatic carbocycles. The molecule has 0 aliphatic heterocycles. The van der Waals surface area contributed by atoms with Gasteiger partial charge in [-0.2, -0.15) is 0 Å². The van der Waals surface area contributed by atoms with Crippen molar-refractivity contribution in [3.8, 4) is 0 Å². The fraction of sp³-hybridized carbons (Fsp3) is 0.200. The van der Waals surface area contributed by atoms with Gasteiger partial charge in [-0.25, -0.2) is 4.98 Å². The molecular weight excluding hydrogens is 342 g/mol. The molecule has 0 unspecified atom stereocenters. The summed E-state index contributed by atoms with van der Waals surface area (Å²) in [6.07, 6.45) is 11.0. The Labute approximate surface area is 164 Å². The summed E-state index contributed by atoms with van der Waals surface area (Å²) in [6.45, 7) is 0. The van der Waals surface area contributed by atoms with E-state index in [2.05, 4.69) is 76.7 Å². The van der Waals surface area contributed by atoms with Crippen LogP contribution in [0.3, 0.4) is 0 Å². The van der Waals surface area contributed by atoms with Crippen LogP contribution in [0.25, 0.3) is 27.9 Å². The van der Waals surface area contributed by atoms with Gasteiger partial charge in [0.05, 0.1) is 5.52 Å². The lowest BCUT2D eigenvalue weighted by Crippen LogP contribution is -1.98. The van der Waals surface area contributed by atoms with E-state index in [1.807, 2.05) is 6.20 Å². The van der Waals surface area contributed by atoms with Crippen molar-refractivity contribution in [1.82, 2.24) is 9.97 Å². The van der Waals surface area contributed by atoms with E-state index in [1.54, 1.807) is 0 Å². The van der Waals surface area contributed by atoms with Gasteiger partial charge in [-0.1, -0.05) is 54.6 Å². The number of allylic oxidation sites excluding steroid dienone is 1. The summed E-state index contributed by atoms with van der Waals surface area (Å²) in [5, 5.41) is 2.20. The smallest absolute Gasteiger partial charge is 0.150 e. The minimum Gasteiger partial charge on any atom is -0.382 e. The third kappa shape index (κ3) is 3.48. The van der Waals surface area contributed by atoms with Crippen LogP contribution in [0.5, 0.6) is 0 Å². The molecule has 28 heavy (non-hydrogen) atoms. The molecule has 2 heterocycles. The van der Waals surface area contributed by atoms with E-state index in [9.17, 15) is 0 Å². The standard InChI is InChI=1S/C25H23N3/c26-25-24-22(14-20(16-27-24)11-9-17-4-2-1-3-5-17)21-13-12-19(15-23(21)28-25)10-8-18-6-7-18/h1-5,8,10,12-16,18H,6-7,9,11H2,(H2,26,28)/b10-8+. The van der Waals surface area contributed by atoms with E-state index in [0.29, 0.717) is 5.82 Å². The van der Waals surface area contributed by atoms with Crippen LogP contribution in [0.2, 0.25) is 0 Å². The van der Waals surface area contributed by atoms with Crippen LogP contribution in [0, 0.1) is 5.92 Å². The molecule has 2 aromatic heterocycles. The van der Waals surface area contributed by atoms with Crippen LogP contribution in [0.4, 0.5) is 5.82 Å². The summed E-state index contributed by atoms with van der Waals surface area (Å²) in [5.41, 5.74) is 11.7. The fourth-order valence-corrected chi connectivity index (χ4v) is 3.68. The fourth-order valence-electron chi connectivity index (χ4n) is 3.68. The van der Waals surface area contributed by atoms with Crippen LogP contribution < -0.4 is 5.73 Å². The second-order valence-corrected chi connectivity index (χ2v) is 7.70. The summed E-state index contributed by atoms with van der Waals surface area (Å²) in [4.78, 5) is 9.24. The number of aromatic nitrogens is 2. The van der Waals surface area contributed by atoms with E-state index >= 15 is 0 Å². The molecule has 0 saturated heterocycles. The van der Waals surface area contributed by atoms with E-state index in [0.717, 1.165) is 40.6 Å². The Balaban J connectivity index is 1.51. The highest BCUT2D eigenvalue weighted by molar-refractivity contribution is 6.08. The van der Waals surface area contributed by atoms with Crippen molar-refractivity contribution >= 4 is 33.7 Å². The molecule has 0 atom stereocenters. The molecule has 3 nitrogen and oxygen atoms in total. The predicted octanol–water partition coefficient (Wildman–Crippen LogP) is 5.57. The van der Waals surface area contributed by atoms with Gasteiger partial charge >= 0.3 is 0 Å². The number of anilines is 1. The number of hydrogen-bond acceptors (Lipinski definition) is 3. The van der Waals surface area contributed by atoms with Crippen molar-refractivity contribution < 1.29 is 0 Å². The molecule has 1 aliphatic rings. The van der Waals surface area contributed by atoms with E-state index in [4.69, 9.17) is 5.73 Å². The molecule has 4 aromatic rings. The first-order valence-electron chi connectivity index (χ1n) is 9.96. The van der Waals surface area contributed by atoms with E-state index < -0.39 is 0 Å².